The van der Waals surface area contributed by atoms with E-state index >= 15 is 0 Å². The second-order valence-corrected chi connectivity index (χ2v) is 6.37. The van der Waals surface area contributed by atoms with Gasteiger partial charge in [-0.2, -0.15) is 0 Å². The van der Waals surface area contributed by atoms with E-state index in [2.05, 4.69) is 10.3 Å². The molecule has 7 nitrogen and oxygen atoms in total. The van der Waals surface area contributed by atoms with Crippen LogP contribution in [0.3, 0.4) is 0 Å². The fraction of sp³-hybridized carbons (Fsp3) is 0.529. The van der Waals surface area contributed by atoms with Crippen molar-refractivity contribution in [1.29, 1.82) is 0 Å². The minimum atomic E-state index is -0.655. The summed E-state index contributed by atoms with van der Waals surface area (Å²) in [6.07, 6.45) is 10.1. The van der Waals surface area contributed by atoms with Crippen LogP contribution in [0.15, 0.2) is 29.2 Å². The van der Waals surface area contributed by atoms with Gasteiger partial charge in [0.15, 0.2) is 0 Å². The van der Waals surface area contributed by atoms with Gasteiger partial charge in [-0.05, 0) is 30.9 Å². The second kappa shape index (κ2) is 7.42. The first-order chi connectivity index (χ1) is 11.7. The molecule has 0 saturated heterocycles. The SMILES string of the molecule is O=c1c([N+](=O)[O-])c(NCCCC2CCCCC2)nc2ccccn12. The maximum Gasteiger partial charge on any atom is 0.376 e. The van der Waals surface area contributed by atoms with Crippen LogP contribution in [0, 0.1) is 16.0 Å². The summed E-state index contributed by atoms with van der Waals surface area (Å²) < 4.78 is 1.20. The molecule has 2 aromatic rings. The summed E-state index contributed by atoms with van der Waals surface area (Å²) in [6, 6.07) is 5.07. The van der Waals surface area contributed by atoms with Gasteiger partial charge in [-0.25, -0.2) is 4.98 Å². The third-order valence-corrected chi connectivity index (χ3v) is 4.70. The lowest BCUT2D eigenvalue weighted by Gasteiger charge is -2.21. The Morgan fingerprint density at radius 3 is 2.83 bits per heavy atom. The zero-order chi connectivity index (χ0) is 16.9. The molecule has 128 valence electrons. The molecule has 0 unspecified atom stereocenters. The summed E-state index contributed by atoms with van der Waals surface area (Å²) in [5, 5.41) is 14.3. The first kappa shape index (κ1) is 16.4. The van der Waals surface area contributed by atoms with Crippen molar-refractivity contribution in [2.45, 2.75) is 44.9 Å². The van der Waals surface area contributed by atoms with E-state index in [4.69, 9.17) is 0 Å². The number of nitrogens with zero attached hydrogens (tertiary/aromatic N) is 3. The van der Waals surface area contributed by atoms with E-state index in [1.165, 1.54) is 42.7 Å². The number of rotatable bonds is 6. The summed E-state index contributed by atoms with van der Waals surface area (Å²) in [7, 11) is 0. The van der Waals surface area contributed by atoms with Gasteiger partial charge in [0.1, 0.15) is 5.65 Å². The van der Waals surface area contributed by atoms with Gasteiger partial charge in [-0.15, -0.1) is 0 Å². The Morgan fingerprint density at radius 2 is 2.08 bits per heavy atom. The molecule has 0 aromatic carbocycles. The van der Waals surface area contributed by atoms with Crippen molar-refractivity contribution >= 4 is 17.2 Å². The van der Waals surface area contributed by atoms with Crippen LogP contribution >= 0.6 is 0 Å². The third kappa shape index (κ3) is 3.55. The lowest BCUT2D eigenvalue weighted by atomic mass is 9.86. The third-order valence-electron chi connectivity index (χ3n) is 4.70. The molecule has 0 atom stereocenters. The predicted molar refractivity (Wildman–Crippen MR) is 92.4 cm³/mol. The fourth-order valence-electron chi connectivity index (χ4n) is 3.44. The minimum Gasteiger partial charge on any atom is -0.364 e. The smallest absolute Gasteiger partial charge is 0.364 e. The number of anilines is 1. The normalized spacial score (nSPS) is 15.5. The molecule has 1 fully saturated rings. The molecule has 0 amide bonds. The first-order valence-electron chi connectivity index (χ1n) is 8.56. The van der Waals surface area contributed by atoms with Crippen molar-refractivity contribution < 1.29 is 4.92 Å². The van der Waals surface area contributed by atoms with Gasteiger partial charge in [-0.3, -0.25) is 19.3 Å². The monoisotopic (exact) mass is 330 g/mol. The van der Waals surface area contributed by atoms with Crippen molar-refractivity contribution in [3.8, 4) is 0 Å². The number of pyridine rings is 1. The Morgan fingerprint density at radius 1 is 1.29 bits per heavy atom. The van der Waals surface area contributed by atoms with E-state index in [1.807, 2.05) is 0 Å². The Hall–Kier alpha value is -2.44. The molecule has 7 heteroatoms. The summed E-state index contributed by atoms with van der Waals surface area (Å²) in [6.45, 7) is 0.590. The summed E-state index contributed by atoms with van der Waals surface area (Å²) in [5.74, 6) is 0.838. The van der Waals surface area contributed by atoms with Crippen LogP contribution in [-0.2, 0) is 0 Å². The van der Waals surface area contributed by atoms with Crippen LogP contribution in [0.2, 0.25) is 0 Å². The zero-order valence-electron chi connectivity index (χ0n) is 13.6. The number of hydrogen-bond acceptors (Lipinski definition) is 5. The van der Waals surface area contributed by atoms with Crippen molar-refractivity contribution in [2.75, 3.05) is 11.9 Å². The van der Waals surface area contributed by atoms with Crippen LogP contribution in [-0.4, -0.2) is 20.9 Å². The minimum absolute atomic E-state index is 0.0693. The van der Waals surface area contributed by atoms with Gasteiger partial charge < -0.3 is 5.32 Å². The number of nitrogens with one attached hydrogen (secondary N) is 1. The van der Waals surface area contributed by atoms with E-state index in [1.54, 1.807) is 18.2 Å². The highest BCUT2D eigenvalue weighted by atomic mass is 16.6. The number of nitro groups is 1. The van der Waals surface area contributed by atoms with Gasteiger partial charge in [-0.1, -0.05) is 38.2 Å². The van der Waals surface area contributed by atoms with Gasteiger partial charge in [0, 0.05) is 12.7 Å². The zero-order valence-corrected chi connectivity index (χ0v) is 13.6. The summed E-state index contributed by atoms with van der Waals surface area (Å²) >= 11 is 0. The standard InChI is InChI=1S/C17H22N4O3/c22-17-15(21(23)24)16(19-14-10-4-5-12-20(14)17)18-11-6-9-13-7-2-1-3-8-13/h4-5,10,12-13,18H,1-3,6-9,11H2. The Balaban J connectivity index is 1.72. The Bertz CT molecular complexity index is 781. The van der Waals surface area contributed by atoms with Crippen molar-refractivity contribution in [2.24, 2.45) is 5.92 Å². The molecule has 0 spiro atoms. The van der Waals surface area contributed by atoms with Crippen LogP contribution in [0.4, 0.5) is 11.5 Å². The highest BCUT2D eigenvalue weighted by Gasteiger charge is 2.23. The lowest BCUT2D eigenvalue weighted by Crippen LogP contribution is -2.21. The van der Waals surface area contributed by atoms with Crippen LogP contribution in [0.25, 0.3) is 5.65 Å². The average Bonchev–Trinajstić information content (AvgIpc) is 2.59. The van der Waals surface area contributed by atoms with Crippen LogP contribution in [0.5, 0.6) is 0 Å². The maximum atomic E-state index is 12.3. The van der Waals surface area contributed by atoms with Gasteiger partial charge >= 0.3 is 11.2 Å². The molecule has 2 aromatic heterocycles. The molecule has 3 rings (SSSR count). The largest absolute Gasteiger partial charge is 0.376 e. The van der Waals surface area contributed by atoms with E-state index in [0.717, 1.165) is 18.8 Å². The molecule has 0 aliphatic heterocycles. The molecule has 0 bridgehead atoms. The average molecular weight is 330 g/mol. The van der Waals surface area contributed by atoms with Gasteiger partial charge in [0.05, 0.1) is 4.92 Å². The highest BCUT2D eigenvalue weighted by molar-refractivity contribution is 5.59. The quantitative estimate of drug-likeness (QED) is 0.498. The molecule has 24 heavy (non-hydrogen) atoms. The van der Waals surface area contributed by atoms with Crippen molar-refractivity contribution in [3.05, 3.63) is 44.9 Å². The van der Waals surface area contributed by atoms with Crippen LogP contribution in [0.1, 0.15) is 44.9 Å². The predicted octanol–water partition coefficient (Wildman–Crippen LogP) is 3.38. The lowest BCUT2D eigenvalue weighted by molar-refractivity contribution is -0.385. The molecule has 1 saturated carbocycles. The van der Waals surface area contributed by atoms with E-state index in [-0.39, 0.29) is 5.82 Å². The first-order valence-corrected chi connectivity index (χ1v) is 8.56. The number of fused-ring (bicyclic) bond motifs is 1. The molecule has 0 radical (unpaired) electrons. The maximum absolute atomic E-state index is 12.3. The molecular formula is C17H22N4O3. The molecule has 1 N–H and O–H groups in total. The molecule has 1 aliphatic rings. The van der Waals surface area contributed by atoms with E-state index in [0.29, 0.717) is 12.2 Å². The molecule has 2 heterocycles. The van der Waals surface area contributed by atoms with E-state index in [9.17, 15) is 14.9 Å². The summed E-state index contributed by atoms with van der Waals surface area (Å²) in [5.41, 5.74) is -0.736. The van der Waals surface area contributed by atoms with Gasteiger partial charge in [0.2, 0.25) is 5.82 Å². The molecular weight excluding hydrogens is 308 g/mol. The topological polar surface area (TPSA) is 89.5 Å². The van der Waals surface area contributed by atoms with Crippen molar-refractivity contribution in [1.82, 2.24) is 9.38 Å². The second-order valence-electron chi connectivity index (χ2n) is 6.37. The van der Waals surface area contributed by atoms with Crippen LogP contribution < -0.4 is 10.9 Å². The van der Waals surface area contributed by atoms with E-state index < -0.39 is 16.2 Å². The Kier molecular flexibility index (Phi) is 5.08. The highest BCUT2D eigenvalue weighted by Crippen LogP contribution is 2.27. The van der Waals surface area contributed by atoms with Gasteiger partial charge in [0.25, 0.3) is 0 Å². The summed E-state index contributed by atoms with van der Waals surface area (Å²) in [4.78, 5) is 27.2. The van der Waals surface area contributed by atoms with Crippen molar-refractivity contribution in [3.63, 3.8) is 0 Å². The number of hydrogen-bond donors (Lipinski definition) is 1. The number of aromatic nitrogens is 2. The Labute approximate surface area is 139 Å². The fourth-order valence-corrected chi connectivity index (χ4v) is 3.44. The molecule has 1 aliphatic carbocycles.